The molecule has 2 heterocycles. The van der Waals surface area contributed by atoms with Gasteiger partial charge in [-0.05, 0) is 51.3 Å². The quantitative estimate of drug-likeness (QED) is 0.844. The number of anilines is 1. The average Bonchev–Trinajstić information content (AvgIpc) is 3.12. The molecule has 1 atom stereocenters. The average molecular weight is 401 g/mol. The van der Waals surface area contributed by atoms with E-state index in [1.807, 2.05) is 0 Å². The Bertz CT molecular complexity index is 870. The minimum atomic E-state index is -3.80. The summed E-state index contributed by atoms with van der Waals surface area (Å²) < 4.78 is 26.0. The standard InChI is InChI=1S/C17H21ClN2O3S2/c1-11-5-4-10-20(11)16-19-15(14(18)24-16)25(22,23)13-8-6-12(7-9-13)17(2,3)21/h6-9,11,21H,4-5,10H2,1-3H3. The van der Waals surface area contributed by atoms with Crippen molar-refractivity contribution in [3.05, 3.63) is 34.2 Å². The van der Waals surface area contributed by atoms with Gasteiger partial charge in [0.15, 0.2) is 10.2 Å². The second kappa shape index (κ2) is 6.54. The lowest BCUT2D eigenvalue weighted by Crippen LogP contribution is -2.26. The van der Waals surface area contributed by atoms with Crippen LogP contribution in [0.5, 0.6) is 0 Å². The van der Waals surface area contributed by atoms with Crippen LogP contribution in [-0.4, -0.2) is 31.1 Å². The van der Waals surface area contributed by atoms with E-state index in [0.29, 0.717) is 16.7 Å². The Balaban J connectivity index is 1.96. The zero-order valence-corrected chi connectivity index (χ0v) is 16.7. The highest BCUT2D eigenvalue weighted by molar-refractivity contribution is 7.91. The number of thiazole rings is 1. The second-order valence-electron chi connectivity index (χ2n) is 6.85. The fraction of sp³-hybridized carbons (Fsp3) is 0.471. The predicted molar refractivity (Wildman–Crippen MR) is 100 cm³/mol. The van der Waals surface area contributed by atoms with Gasteiger partial charge in [-0.15, -0.1) is 0 Å². The van der Waals surface area contributed by atoms with E-state index in [1.54, 1.807) is 26.0 Å². The molecular formula is C17H21ClN2O3S2. The van der Waals surface area contributed by atoms with Gasteiger partial charge >= 0.3 is 0 Å². The highest BCUT2D eigenvalue weighted by Crippen LogP contribution is 2.38. The molecule has 1 aliphatic rings. The van der Waals surface area contributed by atoms with Crippen molar-refractivity contribution in [3.8, 4) is 0 Å². The van der Waals surface area contributed by atoms with E-state index in [4.69, 9.17) is 11.6 Å². The van der Waals surface area contributed by atoms with Crippen LogP contribution in [0.15, 0.2) is 34.2 Å². The van der Waals surface area contributed by atoms with Crippen molar-refractivity contribution in [2.24, 2.45) is 0 Å². The molecular weight excluding hydrogens is 380 g/mol. The summed E-state index contributed by atoms with van der Waals surface area (Å²) in [5.74, 6) is 0. The Labute approximate surface area is 157 Å². The fourth-order valence-electron chi connectivity index (χ4n) is 2.94. The lowest BCUT2D eigenvalue weighted by molar-refractivity contribution is 0.0785. The molecule has 1 fully saturated rings. The topological polar surface area (TPSA) is 70.5 Å². The second-order valence-corrected chi connectivity index (χ2v) is 10.3. The first-order valence-corrected chi connectivity index (χ1v) is 10.8. The van der Waals surface area contributed by atoms with Gasteiger partial charge in [-0.3, -0.25) is 0 Å². The summed E-state index contributed by atoms with van der Waals surface area (Å²) in [6.07, 6.45) is 2.14. The SMILES string of the molecule is CC1CCCN1c1nc(S(=O)(=O)c2ccc(C(C)(C)O)cc2)c(Cl)s1. The van der Waals surface area contributed by atoms with Gasteiger partial charge in [0.2, 0.25) is 9.84 Å². The molecule has 0 spiro atoms. The largest absolute Gasteiger partial charge is 0.386 e. The lowest BCUT2D eigenvalue weighted by Gasteiger charge is -2.19. The Kier molecular flexibility index (Phi) is 4.87. The number of halogens is 1. The van der Waals surface area contributed by atoms with Crippen molar-refractivity contribution >= 4 is 37.9 Å². The molecule has 25 heavy (non-hydrogen) atoms. The zero-order valence-electron chi connectivity index (χ0n) is 14.4. The fourth-order valence-corrected chi connectivity index (χ4v) is 5.96. The van der Waals surface area contributed by atoms with E-state index in [2.05, 4.69) is 16.8 Å². The zero-order chi connectivity index (χ0) is 18.4. The number of sulfone groups is 1. The van der Waals surface area contributed by atoms with Gasteiger partial charge in [0.05, 0.1) is 10.5 Å². The molecule has 0 aliphatic carbocycles. The molecule has 1 aromatic carbocycles. The maximum atomic E-state index is 12.9. The van der Waals surface area contributed by atoms with Crippen LogP contribution in [0.4, 0.5) is 5.13 Å². The molecule has 1 saturated heterocycles. The summed E-state index contributed by atoms with van der Waals surface area (Å²) in [5.41, 5.74) is -0.387. The summed E-state index contributed by atoms with van der Waals surface area (Å²) in [6.45, 7) is 6.27. The van der Waals surface area contributed by atoms with E-state index in [0.717, 1.165) is 19.4 Å². The third-order valence-corrected chi connectivity index (χ3v) is 7.70. The van der Waals surface area contributed by atoms with Crippen molar-refractivity contribution in [2.75, 3.05) is 11.4 Å². The Morgan fingerprint density at radius 1 is 1.32 bits per heavy atom. The van der Waals surface area contributed by atoms with Crippen LogP contribution in [0.3, 0.4) is 0 Å². The van der Waals surface area contributed by atoms with E-state index in [9.17, 15) is 13.5 Å². The van der Waals surface area contributed by atoms with Crippen molar-refractivity contribution in [1.82, 2.24) is 4.98 Å². The number of hydrogen-bond donors (Lipinski definition) is 1. The maximum absolute atomic E-state index is 12.9. The van der Waals surface area contributed by atoms with Crippen LogP contribution < -0.4 is 4.90 Å². The number of nitrogens with zero attached hydrogens (tertiary/aromatic N) is 2. The molecule has 1 N–H and O–H groups in total. The number of aromatic nitrogens is 1. The molecule has 136 valence electrons. The van der Waals surface area contributed by atoms with Gasteiger partial charge in [0, 0.05) is 12.6 Å². The van der Waals surface area contributed by atoms with Gasteiger partial charge in [0.1, 0.15) is 4.34 Å². The van der Waals surface area contributed by atoms with Crippen LogP contribution in [0.2, 0.25) is 4.34 Å². The molecule has 0 saturated carbocycles. The normalized spacial score (nSPS) is 18.8. The van der Waals surface area contributed by atoms with Crippen LogP contribution in [0.25, 0.3) is 0 Å². The number of benzene rings is 1. The highest BCUT2D eigenvalue weighted by Gasteiger charge is 2.30. The minimum Gasteiger partial charge on any atom is -0.386 e. The van der Waals surface area contributed by atoms with Crippen LogP contribution in [0.1, 0.15) is 39.2 Å². The smallest absolute Gasteiger partial charge is 0.226 e. The summed E-state index contributed by atoms with van der Waals surface area (Å²) in [7, 11) is -3.80. The molecule has 0 amide bonds. The Morgan fingerprint density at radius 3 is 2.48 bits per heavy atom. The van der Waals surface area contributed by atoms with Gasteiger partial charge < -0.3 is 10.0 Å². The molecule has 2 aromatic rings. The molecule has 8 heteroatoms. The van der Waals surface area contributed by atoms with Crippen LogP contribution in [0, 0.1) is 0 Å². The van der Waals surface area contributed by atoms with Gasteiger partial charge in [0.25, 0.3) is 0 Å². The van der Waals surface area contributed by atoms with E-state index in [1.165, 1.54) is 23.5 Å². The van der Waals surface area contributed by atoms with Crippen molar-refractivity contribution in [2.45, 2.75) is 55.2 Å². The number of rotatable bonds is 4. The van der Waals surface area contributed by atoms with E-state index >= 15 is 0 Å². The Hall–Kier alpha value is -1.15. The van der Waals surface area contributed by atoms with Gasteiger partial charge in [-0.2, -0.15) is 0 Å². The van der Waals surface area contributed by atoms with E-state index < -0.39 is 15.4 Å². The third kappa shape index (κ3) is 3.56. The van der Waals surface area contributed by atoms with Crippen LogP contribution >= 0.6 is 22.9 Å². The molecule has 3 rings (SSSR count). The molecule has 5 nitrogen and oxygen atoms in total. The monoisotopic (exact) mass is 400 g/mol. The Morgan fingerprint density at radius 2 is 1.96 bits per heavy atom. The molecule has 1 unspecified atom stereocenters. The first-order valence-electron chi connectivity index (χ1n) is 8.11. The lowest BCUT2D eigenvalue weighted by atomic mass is 9.99. The predicted octanol–water partition coefficient (Wildman–Crippen LogP) is 3.85. The first kappa shape index (κ1) is 18.6. The summed E-state index contributed by atoms with van der Waals surface area (Å²) in [5, 5.41) is 10.6. The van der Waals surface area contributed by atoms with Gasteiger partial charge in [-0.1, -0.05) is 35.1 Å². The van der Waals surface area contributed by atoms with Crippen molar-refractivity contribution in [1.29, 1.82) is 0 Å². The van der Waals surface area contributed by atoms with Crippen molar-refractivity contribution < 1.29 is 13.5 Å². The van der Waals surface area contributed by atoms with E-state index in [-0.39, 0.29) is 14.3 Å². The van der Waals surface area contributed by atoms with Gasteiger partial charge in [-0.25, -0.2) is 13.4 Å². The number of aliphatic hydroxyl groups is 1. The molecule has 1 aromatic heterocycles. The first-order chi connectivity index (χ1) is 11.6. The maximum Gasteiger partial charge on any atom is 0.226 e. The molecule has 0 radical (unpaired) electrons. The minimum absolute atomic E-state index is 0.0933. The summed E-state index contributed by atoms with van der Waals surface area (Å²) in [4.78, 5) is 6.56. The van der Waals surface area contributed by atoms with Crippen molar-refractivity contribution in [3.63, 3.8) is 0 Å². The summed E-state index contributed by atoms with van der Waals surface area (Å²) in [6, 6.07) is 6.52. The highest BCUT2D eigenvalue weighted by atomic mass is 35.5. The third-order valence-electron chi connectivity index (χ3n) is 4.47. The van der Waals surface area contributed by atoms with Crippen LogP contribution in [-0.2, 0) is 15.4 Å². The molecule has 0 bridgehead atoms. The molecule has 1 aliphatic heterocycles. The number of hydrogen-bond acceptors (Lipinski definition) is 6. The summed E-state index contributed by atoms with van der Waals surface area (Å²) >= 11 is 7.42.